The van der Waals surface area contributed by atoms with Gasteiger partial charge in [-0.25, -0.2) is 0 Å². The monoisotopic (exact) mass is 327 g/mol. The molecule has 0 aliphatic carbocycles. The lowest BCUT2D eigenvalue weighted by molar-refractivity contribution is 0.0280. The van der Waals surface area contributed by atoms with Gasteiger partial charge < -0.3 is 4.90 Å². The van der Waals surface area contributed by atoms with Gasteiger partial charge >= 0.3 is 0 Å². The Morgan fingerprint density at radius 2 is 1.04 bits per heavy atom. The van der Waals surface area contributed by atoms with Crippen LogP contribution in [0.5, 0.6) is 0 Å². The molecular formula is C20H45N3. The number of nitrogens with zero attached hydrogens (tertiary/aromatic N) is 3. The average Bonchev–Trinajstić information content (AvgIpc) is 2.43. The minimum atomic E-state index is 0.258. The van der Waals surface area contributed by atoms with Gasteiger partial charge in [0.15, 0.2) is 0 Å². The van der Waals surface area contributed by atoms with E-state index in [0.717, 1.165) is 13.2 Å². The first-order valence-electron chi connectivity index (χ1n) is 9.42. The Kier molecular flexibility index (Phi) is 9.34. The van der Waals surface area contributed by atoms with Crippen LogP contribution in [0.3, 0.4) is 0 Å². The van der Waals surface area contributed by atoms with Gasteiger partial charge in [0, 0.05) is 24.7 Å². The first-order chi connectivity index (χ1) is 10.3. The van der Waals surface area contributed by atoms with Crippen molar-refractivity contribution in [3.05, 3.63) is 0 Å². The van der Waals surface area contributed by atoms with Crippen molar-refractivity contribution in [2.45, 2.75) is 80.4 Å². The smallest absolute Gasteiger partial charge is 0.0506 e. The third kappa shape index (κ3) is 7.11. The zero-order chi connectivity index (χ0) is 18.5. The van der Waals surface area contributed by atoms with Crippen LogP contribution in [0.15, 0.2) is 0 Å². The predicted molar refractivity (Wildman–Crippen MR) is 105 cm³/mol. The van der Waals surface area contributed by atoms with Crippen molar-refractivity contribution in [1.29, 1.82) is 0 Å². The Labute approximate surface area is 147 Å². The van der Waals surface area contributed by atoms with Crippen LogP contribution in [0.2, 0.25) is 0 Å². The summed E-state index contributed by atoms with van der Waals surface area (Å²) in [7, 11) is 6.78. The molecule has 0 aromatic carbocycles. The molecule has 23 heavy (non-hydrogen) atoms. The lowest BCUT2D eigenvalue weighted by atomic mass is 9.83. The fourth-order valence-corrected chi connectivity index (χ4v) is 3.14. The van der Waals surface area contributed by atoms with Crippen LogP contribution in [0, 0.1) is 17.3 Å². The van der Waals surface area contributed by atoms with Crippen LogP contribution in [-0.2, 0) is 0 Å². The molecule has 3 unspecified atom stereocenters. The molecular weight excluding hydrogens is 282 g/mol. The van der Waals surface area contributed by atoms with E-state index in [4.69, 9.17) is 0 Å². The first kappa shape index (κ1) is 22.9. The third-order valence-corrected chi connectivity index (χ3v) is 6.22. The SMILES string of the molecule is CC(C)C(C)N(C)CN(C)C(C)C(C)(C)CN(C)C(C)C(C)C. The molecule has 0 saturated carbocycles. The highest BCUT2D eigenvalue weighted by Crippen LogP contribution is 2.27. The van der Waals surface area contributed by atoms with Crippen LogP contribution < -0.4 is 0 Å². The second kappa shape index (κ2) is 9.39. The molecule has 0 spiro atoms. The molecule has 0 amide bonds. The van der Waals surface area contributed by atoms with Gasteiger partial charge in [0.1, 0.15) is 0 Å². The molecule has 0 heterocycles. The lowest BCUT2D eigenvalue weighted by Crippen LogP contribution is -2.52. The van der Waals surface area contributed by atoms with Crippen molar-refractivity contribution in [2.75, 3.05) is 34.4 Å². The molecule has 0 aliphatic rings. The Morgan fingerprint density at radius 1 is 0.652 bits per heavy atom. The molecule has 3 atom stereocenters. The van der Waals surface area contributed by atoms with E-state index >= 15 is 0 Å². The topological polar surface area (TPSA) is 9.72 Å². The number of hydrogen-bond acceptors (Lipinski definition) is 3. The molecule has 0 radical (unpaired) electrons. The van der Waals surface area contributed by atoms with Crippen LogP contribution >= 0.6 is 0 Å². The van der Waals surface area contributed by atoms with Gasteiger partial charge in [-0.3, -0.25) is 9.80 Å². The van der Waals surface area contributed by atoms with Crippen LogP contribution in [0.25, 0.3) is 0 Å². The fourth-order valence-electron chi connectivity index (χ4n) is 3.14. The summed E-state index contributed by atoms with van der Waals surface area (Å²) in [4.78, 5) is 7.50. The minimum Gasteiger partial charge on any atom is -0.303 e. The summed E-state index contributed by atoms with van der Waals surface area (Å²) in [5.74, 6) is 1.39. The average molecular weight is 328 g/mol. The first-order valence-corrected chi connectivity index (χ1v) is 9.42. The highest BCUT2D eigenvalue weighted by molar-refractivity contribution is 4.86. The van der Waals surface area contributed by atoms with Gasteiger partial charge in [-0.2, -0.15) is 0 Å². The second-order valence-corrected chi connectivity index (χ2v) is 9.20. The molecule has 0 fully saturated rings. The van der Waals surface area contributed by atoms with Crippen LogP contribution in [-0.4, -0.2) is 67.2 Å². The Bertz CT molecular complexity index is 325. The van der Waals surface area contributed by atoms with Crippen molar-refractivity contribution in [3.8, 4) is 0 Å². The van der Waals surface area contributed by atoms with Gasteiger partial charge in [-0.1, -0.05) is 41.5 Å². The summed E-state index contributed by atoms with van der Waals surface area (Å²) in [5.41, 5.74) is 0.258. The van der Waals surface area contributed by atoms with Gasteiger partial charge in [0.05, 0.1) is 6.67 Å². The quantitative estimate of drug-likeness (QED) is 0.556. The van der Waals surface area contributed by atoms with Crippen molar-refractivity contribution < 1.29 is 0 Å². The third-order valence-electron chi connectivity index (χ3n) is 6.22. The van der Waals surface area contributed by atoms with E-state index in [9.17, 15) is 0 Å². The summed E-state index contributed by atoms with van der Waals surface area (Å²) in [6.45, 7) is 23.2. The van der Waals surface area contributed by atoms with Crippen LogP contribution in [0.1, 0.15) is 62.3 Å². The second-order valence-electron chi connectivity index (χ2n) is 9.20. The molecule has 3 nitrogen and oxygen atoms in total. The van der Waals surface area contributed by atoms with Crippen molar-refractivity contribution >= 4 is 0 Å². The van der Waals surface area contributed by atoms with E-state index in [1.54, 1.807) is 0 Å². The van der Waals surface area contributed by atoms with E-state index in [1.165, 1.54) is 0 Å². The molecule has 0 bridgehead atoms. The highest BCUT2D eigenvalue weighted by Gasteiger charge is 2.32. The Hall–Kier alpha value is -0.120. The number of rotatable bonds is 10. The van der Waals surface area contributed by atoms with E-state index < -0.39 is 0 Å². The van der Waals surface area contributed by atoms with E-state index in [1.807, 2.05) is 0 Å². The molecule has 0 aliphatic heterocycles. The summed E-state index contributed by atoms with van der Waals surface area (Å²) < 4.78 is 0. The molecule has 0 rings (SSSR count). The Balaban J connectivity index is 4.74. The fraction of sp³-hybridized carbons (Fsp3) is 1.00. The zero-order valence-electron chi connectivity index (χ0n) is 18.1. The molecule has 3 heteroatoms. The molecule has 140 valence electrons. The maximum atomic E-state index is 2.52. The molecule has 0 aromatic rings. The molecule has 0 saturated heterocycles. The van der Waals surface area contributed by atoms with Gasteiger partial charge in [0.2, 0.25) is 0 Å². The van der Waals surface area contributed by atoms with E-state index in [-0.39, 0.29) is 5.41 Å². The maximum absolute atomic E-state index is 2.52. The summed E-state index contributed by atoms with van der Waals surface area (Å²) >= 11 is 0. The highest BCUT2D eigenvalue weighted by atomic mass is 15.3. The standard InChI is InChI=1S/C20H45N3/c1-15(2)17(5)21(10)13-20(8,9)19(7)23(12)14-22(11)18(6)16(3)4/h15-19H,13-14H2,1-12H3. The van der Waals surface area contributed by atoms with E-state index in [2.05, 4.69) is 98.2 Å². The lowest BCUT2D eigenvalue weighted by Gasteiger charge is -2.44. The summed E-state index contributed by atoms with van der Waals surface area (Å²) in [6.07, 6.45) is 0. The van der Waals surface area contributed by atoms with Gasteiger partial charge in [-0.15, -0.1) is 0 Å². The van der Waals surface area contributed by atoms with Gasteiger partial charge in [-0.05, 0) is 59.2 Å². The Morgan fingerprint density at radius 3 is 1.43 bits per heavy atom. The zero-order valence-corrected chi connectivity index (χ0v) is 18.1. The molecule has 0 aromatic heterocycles. The van der Waals surface area contributed by atoms with Crippen molar-refractivity contribution in [2.24, 2.45) is 17.3 Å². The predicted octanol–water partition coefficient (Wildman–Crippen LogP) is 4.24. The van der Waals surface area contributed by atoms with Crippen LogP contribution in [0.4, 0.5) is 0 Å². The number of hydrogen-bond donors (Lipinski definition) is 0. The summed E-state index contributed by atoms with van der Waals surface area (Å²) in [5, 5.41) is 0. The molecule has 0 N–H and O–H groups in total. The minimum absolute atomic E-state index is 0.258. The largest absolute Gasteiger partial charge is 0.303 e. The maximum Gasteiger partial charge on any atom is 0.0506 e. The normalized spacial score (nSPS) is 17.6. The van der Waals surface area contributed by atoms with Gasteiger partial charge in [0.25, 0.3) is 0 Å². The van der Waals surface area contributed by atoms with Crippen molar-refractivity contribution in [1.82, 2.24) is 14.7 Å². The van der Waals surface area contributed by atoms with Crippen molar-refractivity contribution in [3.63, 3.8) is 0 Å². The summed E-state index contributed by atoms with van der Waals surface area (Å²) in [6, 6.07) is 1.76. The van der Waals surface area contributed by atoms with E-state index in [0.29, 0.717) is 30.0 Å².